The smallest absolute Gasteiger partial charge is 0.325 e. The maximum Gasteiger partial charge on any atom is 0.325 e. The fourth-order valence-corrected chi connectivity index (χ4v) is 2.41. The Morgan fingerprint density at radius 1 is 0.968 bits per heavy atom. The number of aliphatic imine (C=N–C) groups is 1. The van der Waals surface area contributed by atoms with Crippen molar-refractivity contribution in [2.24, 2.45) is 22.2 Å². The van der Waals surface area contributed by atoms with Crippen LogP contribution in [0, 0.1) is 0 Å². The Morgan fingerprint density at radius 2 is 1.52 bits per heavy atom. The minimum absolute atomic E-state index is 0.114. The number of rotatable bonds is 14. The standard InChI is InChI=1S/C16H29N7O7S/c1-7(15(29)30)21-14(28)10(6-31)23-13(27)9(5-11(24)25)22-12(26)8(17)3-2-4-20-16(18)19/h7-10,31H,2-6,17H2,1H3,(H,21,28)(H,22,26)(H,23,27)(H,24,25)(H,29,30)(H4,18,19,20). The number of aliphatic carboxylic acids is 2. The minimum Gasteiger partial charge on any atom is -0.481 e. The van der Waals surface area contributed by atoms with Crippen LogP contribution in [0.1, 0.15) is 26.2 Å². The predicted molar refractivity (Wildman–Crippen MR) is 113 cm³/mol. The number of carbonyl (C=O) groups excluding carboxylic acids is 3. The van der Waals surface area contributed by atoms with Crippen LogP contribution in [0.2, 0.25) is 0 Å². The van der Waals surface area contributed by atoms with Crippen molar-refractivity contribution < 1.29 is 34.2 Å². The number of carbonyl (C=O) groups is 5. The van der Waals surface area contributed by atoms with Crippen LogP contribution in [0.15, 0.2) is 4.99 Å². The van der Waals surface area contributed by atoms with E-state index in [0.717, 1.165) is 0 Å². The van der Waals surface area contributed by atoms with Gasteiger partial charge < -0.3 is 43.4 Å². The highest BCUT2D eigenvalue weighted by molar-refractivity contribution is 7.80. The van der Waals surface area contributed by atoms with E-state index in [1.54, 1.807) is 0 Å². The summed E-state index contributed by atoms with van der Waals surface area (Å²) in [5.41, 5.74) is 16.1. The largest absolute Gasteiger partial charge is 0.481 e. The Labute approximate surface area is 183 Å². The monoisotopic (exact) mass is 463 g/mol. The van der Waals surface area contributed by atoms with Crippen molar-refractivity contribution in [1.29, 1.82) is 0 Å². The highest BCUT2D eigenvalue weighted by atomic mass is 32.1. The Balaban J connectivity index is 5.03. The van der Waals surface area contributed by atoms with Crippen molar-refractivity contribution >= 4 is 48.2 Å². The molecule has 0 spiro atoms. The first-order valence-electron chi connectivity index (χ1n) is 9.16. The van der Waals surface area contributed by atoms with Gasteiger partial charge in [-0.2, -0.15) is 12.6 Å². The summed E-state index contributed by atoms with van der Waals surface area (Å²) in [6.07, 6.45) is -0.241. The molecule has 0 aliphatic rings. The van der Waals surface area contributed by atoms with Crippen molar-refractivity contribution in [3.05, 3.63) is 0 Å². The second kappa shape index (κ2) is 14.0. The second-order valence-corrected chi connectivity index (χ2v) is 6.89. The molecule has 0 saturated carbocycles. The Hall–Kier alpha value is -3.07. The lowest BCUT2D eigenvalue weighted by atomic mass is 10.1. The van der Waals surface area contributed by atoms with E-state index < -0.39 is 60.2 Å². The maximum atomic E-state index is 12.5. The maximum absolute atomic E-state index is 12.5. The SMILES string of the molecule is CC(NC(=O)C(CS)NC(=O)C(CC(=O)O)NC(=O)C(N)CCCN=C(N)N)C(=O)O. The van der Waals surface area contributed by atoms with Crippen LogP contribution in [0.5, 0.6) is 0 Å². The van der Waals surface area contributed by atoms with Crippen LogP contribution < -0.4 is 33.2 Å². The summed E-state index contributed by atoms with van der Waals surface area (Å²) in [5, 5.41) is 24.5. The third kappa shape index (κ3) is 11.6. The third-order valence-corrected chi connectivity index (χ3v) is 4.23. The number of nitrogens with zero attached hydrogens (tertiary/aromatic N) is 1. The molecule has 3 amide bonds. The molecule has 4 atom stereocenters. The quantitative estimate of drug-likeness (QED) is 0.0528. The Bertz CT molecular complexity index is 700. The summed E-state index contributed by atoms with van der Waals surface area (Å²) < 4.78 is 0. The molecule has 0 saturated heterocycles. The number of thiol groups is 1. The van der Waals surface area contributed by atoms with Gasteiger partial charge in [0, 0.05) is 12.3 Å². The van der Waals surface area contributed by atoms with Crippen molar-refractivity contribution in [2.45, 2.75) is 50.4 Å². The zero-order valence-corrected chi connectivity index (χ0v) is 17.8. The van der Waals surface area contributed by atoms with Gasteiger partial charge in [-0.05, 0) is 19.8 Å². The van der Waals surface area contributed by atoms with Crippen LogP contribution >= 0.6 is 12.6 Å². The molecule has 0 aromatic rings. The van der Waals surface area contributed by atoms with Gasteiger partial charge in [-0.1, -0.05) is 0 Å². The first-order chi connectivity index (χ1) is 14.4. The minimum atomic E-state index is -1.53. The topological polar surface area (TPSA) is 252 Å². The zero-order valence-electron chi connectivity index (χ0n) is 16.9. The van der Waals surface area contributed by atoms with Crippen molar-refractivity contribution in [3.63, 3.8) is 0 Å². The summed E-state index contributed by atoms with van der Waals surface area (Å²) in [6, 6.07) is -5.07. The average molecular weight is 464 g/mol. The van der Waals surface area contributed by atoms with Gasteiger partial charge in [-0.25, -0.2) is 0 Å². The second-order valence-electron chi connectivity index (χ2n) is 6.53. The van der Waals surface area contributed by atoms with Crippen LogP contribution in [-0.2, 0) is 24.0 Å². The van der Waals surface area contributed by atoms with E-state index >= 15 is 0 Å². The molecular weight excluding hydrogens is 434 g/mol. The molecular formula is C16H29N7O7S. The fraction of sp³-hybridized carbons (Fsp3) is 0.625. The molecule has 4 unspecified atom stereocenters. The van der Waals surface area contributed by atoms with Gasteiger partial charge in [-0.15, -0.1) is 0 Å². The molecule has 0 fully saturated rings. The number of guanidine groups is 1. The van der Waals surface area contributed by atoms with E-state index in [1.165, 1.54) is 6.92 Å². The van der Waals surface area contributed by atoms with E-state index in [4.69, 9.17) is 27.4 Å². The first-order valence-corrected chi connectivity index (χ1v) is 9.79. The van der Waals surface area contributed by atoms with Gasteiger partial charge in [0.25, 0.3) is 0 Å². The molecule has 15 heteroatoms. The molecule has 176 valence electrons. The fourth-order valence-electron chi connectivity index (χ4n) is 2.16. The van der Waals surface area contributed by atoms with Gasteiger partial charge in [0.05, 0.1) is 12.5 Å². The van der Waals surface area contributed by atoms with Crippen molar-refractivity contribution in [3.8, 4) is 0 Å². The highest BCUT2D eigenvalue weighted by Gasteiger charge is 2.30. The van der Waals surface area contributed by atoms with Gasteiger partial charge >= 0.3 is 11.9 Å². The number of carboxylic acids is 2. The molecule has 11 N–H and O–H groups in total. The van der Waals surface area contributed by atoms with E-state index in [2.05, 4.69) is 33.6 Å². The average Bonchev–Trinajstić information content (AvgIpc) is 2.67. The van der Waals surface area contributed by atoms with Crippen molar-refractivity contribution in [1.82, 2.24) is 16.0 Å². The van der Waals surface area contributed by atoms with Crippen LogP contribution in [-0.4, -0.2) is 82.3 Å². The molecule has 31 heavy (non-hydrogen) atoms. The lowest BCUT2D eigenvalue weighted by molar-refractivity contribution is -0.142. The molecule has 0 rings (SSSR count). The summed E-state index contributed by atoms with van der Waals surface area (Å²) >= 11 is 3.93. The van der Waals surface area contributed by atoms with Gasteiger partial charge in [0.2, 0.25) is 17.7 Å². The first kappa shape index (κ1) is 27.9. The van der Waals surface area contributed by atoms with Gasteiger partial charge in [0.1, 0.15) is 18.1 Å². The predicted octanol–water partition coefficient (Wildman–Crippen LogP) is -3.67. The number of amides is 3. The summed E-state index contributed by atoms with van der Waals surface area (Å²) in [4.78, 5) is 62.5. The highest BCUT2D eigenvalue weighted by Crippen LogP contribution is 2.01. The van der Waals surface area contributed by atoms with E-state index in [-0.39, 0.29) is 24.7 Å². The summed E-state index contributed by atoms with van der Waals surface area (Å²) in [5.74, 6) is -5.58. The summed E-state index contributed by atoms with van der Waals surface area (Å²) in [6.45, 7) is 1.45. The van der Waals surface area contributed by atoms with E-state index in [0.29, 0.717) is 6.42 Å². The molecule has 0 radical (unpaired) electrons. The lowest BCUT2D eigenvalue weighted by Gasteiger charge is -2.23. The lowest BCUT2D eigenvalue weighted by Crippen LogP contribution is -2.57. The number of nitrogens with two attached hydrogens (primary N) is 3. The molecule has 0 aromatic carbocycles. The molecule has 14 nitrogen and oxygen atoms in total. The Morgan fingerprint density at radius 3 is 2.00 bits per heavy atom. The van der Waals surface area contributed by atoms with Crippen molar-refractivity contribution in [2.75, 3.05) is 12.3 Å². The van der Waals surface area contributed by atoms with Gasteiger partial charge in [-0.3, -0.25) is 29.0 Å². The molecule has 0 aromatic heterocycles. The third-order valence-electron chi connectivity index (χ3n) is 3.86. The van der Waals surface area contributed by atoms with Gasteiger partial charge in [0.15, 0.2) is 5.96 Å². The number of hydrogen-bond acceptors (Lipinski definition) is 8. The van der Waals surface area contributed by atoms with Crippen LogP contribution in [0.25, 0.3) is 0 Å². The van der Waals surface area contributed by atoms with E-state index in [1.807, 2.05) is 0 Å². The normalized spacial score (nSPS) is 14.3. The number of hydrogen-bond donors (Lipinski definition) is 9. The van der Waals surface area contributed by atoms with Crippen LogP contribution in [0.4, 0.5) is 0 Å². The molecule has 0 heterocycles. The molecule has 0 aliphatic heterocycles. The molecule has 0 aliphatic carbocycles. The van der Waals surface area contributed by atoms with E-state index in [9.17, 15) is 24.0 Å². The molecule has 0 bridgehead atoms. The number of nitrogens with one attached hydrogen (secondary N) is 3. The zero-order chi connectivity index (χ0) is 24.1. The van der Waals surface area contributed by atoms with Crippen LogP contribution in [0.3, 0.4) is 0 Å². The Kier molecular flexibility index (Phi) is 12.6. The number of carboxylic acid groups (broad SMARTS) is 2. The summed E-state index contributed by atoms with van der Waals surface area (Å²) in [7, 11) is 0.